The molecule has 0 aliphatic rings. The first-order chi connectivity index (χ1) is 16.3. The van der Waals surface area contributed by atoms with Crippen molar-refractivity contribution in [3.63, 3.8) is 0 Å². The molecule has 2 aromatic heterocycles. The van der Waals surface area contributed by atoms with Crippen LogP contribution in [-0.2, 0) is 24.3 Å². The van der Waals surface area contributed by atoms with Crippen LogP contribution in [0.2, 0.25) is 5.15 Å². The van der Waals surface area contributed by atoms with E-state index in [-0.39, 0.29) is 20.9 Å². The zero-order chi connectivity index (χ0) is 26.0. The minimum absolute atomic E-state index is 0.0195. The van der Waals surface area contributed by atoms with Crippen molar-refractivity contribution in [2.75, 3.05) is 16.6 Å². The minimum atomic E-state index is -5.23. The average molecular weight is 553 g/mol. The summed E-state index contributed by atoms with van der Waals surface area (Å²) in [5, 5.41) is 2.01. The van der Waals surface area contributed by atoms with Gasteiger partial charge in [0, 0.05) is 11.8 Å². The number of ether oxygens (including phenoxy) is 1. The molecule has 1 amide bonds. The highest BCUT2D eigenvalue weighted by Gasteiger charge is 2.41. The van der Waals surface area contributed by atoms with Crippen molar-refractivity contribution in [2.24, 2.45) is 0 Å². The second kappa shape index (κ2) is 10.1. The number of aromatic nitrogens is 2. The van der Waals surface area contributed by atoms with Crippen LogP contribution in [0.1, 0.15) is 5.69 Å². The van der Waals surface area contributed by atoms with Crippen LogP contribution in [0.3, 0.4) is 0 Å². The molecule has 0 fully saturated rings. The van der Waals surface area contributed by atoms with Gasteiger partial charge in [0.25, 0.3) is 15.9 Å². The SMILES string of the molecule is Cc1nc(NC(=O)COC(=O)C(F)(F)F)sc1-c1cnc(Cl)c(NS(=O)(=O)c2ccc(F)cc2)c1. The van der Waals surface area contributed by atoms with Crippen LogP contribution in [0.25, 0.3) is 10.4 Å². The number of rotatable bonds is 7. The molecule has 186 valence electrons. The number of aryl methyl sites for hydroxylation is 1. The molecule has 0 spiro atoms. The minimum Gasteiger partial charge on any atom is -0.449 e. The highest BCUT2D eigenvalue weighted by atomic mass is 35.5. The van der Waals surface area contributed by atoms with Gasteiger partial charge < -0.3 is 4.74 Å². The number of anilines is 2. The fraction of sp³-hybridized carbons (Fsp3) is 0.158. The van der Waals surface area contributed by atoms with Crippen molar-refractivity contribution in [3.05, 3.63) is 53.2 Å². The van der Waals surface area contributed by atoms with Crippen molar-refractivity contribution in [1.82, 2.24) is 9.97 Å². The van der Waals surface area contributed by atoms with Crippen LogP contribution < -0.4 is 10.0 Å². The number of thiazole rings is 1. The molecule has 0 aliphatic heterocycles. The molecule has 1 aromatic carbocycles. The van der Waals surface area contributed by atoms with E-state index in [2.05, 4.69) is 24.7 Å². The zero-order valence-corrected chi connectivity index (χ0v) is 19.7. The molecular formula is C19H13ClF4N4O5S2. The smallest absolute Gasteiger partial charge is 0.449 e. The van der Waals surface area contributed by atoms with Crippen molar-refractivity contribution < 1.29 is 40.3 Å². The number of carbonyl (C=O) groups is 2. The van der Waals surface area contributed by atoms with E-state index in [1.165, 1.54) is 12.3 Å². The van der Waals surface area contributed by atoms with Gasteiger partial charge >= 0.3 is 12.1 Å². The third-order valence-electron chi connectivity index (χ3n) is 4.08. The summed E-state index contributed by atoms with van der Waals surface area (Å²) >= 11 is 6.92. The number of alkyl halides is 3. The van der Waals surface area contributed by atoms with Gasteiger partial charge in [-0.2, -0.15) is 13.2 Å². The summed E-state index contributed by atoms with van der Waals surface area (Å²) in [5.41, 5.74) is 0.630. The molecule has 3 rings (SSSR count). The Balaban J connectivity index is 1.78. The number of amides is 1. The second-order valence-corrected chi connectivity index (χ2v) is 9.72. The van der Waals surface area contributed by atoms with E-state index < -0.39 is 40.5 Å². The highest BCUT2D eigenvalue weighted by molar-refractivity contribution is 7.92. The Kier molecular flexibility index (Phi) is 7.62. The summed E-state index contributed by atoms with van der Waals surface area (Å²) in [6.07, 6.45) is -3.92. The van der Waals surface area contributed by atoms with E-state index in [1.54, 1.807) is 6.92 Å². The molecule has 0 saturated heterocycles. The summed E-state index contributed by atoms with van der Waals surface area (Å²) in [7, 11) is -4.13. The number of hydrogen-bond acceptors (Lipinski definition) is 8. The van der Waals surface area contributed by atoms with Gasteiger partial charge in [0.1, 0.15) is 5.82 Å². The molecule has 16 heteroatoms. The monoisotopic (exact) mass is 552 g/mol. The molecule has 0 bridgehead atoms. The van der Waals surface area contributed by atoms with Crippen molar-refractivity contribution in [2.45, 2.75) is 18.0 Å². The Bertz CT molecular complexity index is 1380. The Hall–Kier alpha value is -3.30. The maximum Gasteiger partial charge on any atom is 0.490 e. The molecule has 3 aromatic rings. The zero-order valence-electron chi connectivity index (χ0n) is 17.3. The molecule has 2 N–H and O–H groups in total. The predicted octanol–water partition coefficient (Wildman–Crippen LogP) is 4.15. The molecule has 0 radical (unpaired) electrons. The summed E-state index contributed by atoms with van der Waals surface area (Å²) in [4.78, 5) is 30.7. The molecule has 35 heavy (non-hydrogen) atoms. The lowest BCUT2D eigenvalue weighted by molar-refractivity contribution is -0.199. The highest BCUT2D eigenvalue weighted by Crippen LogP contribution is 2.35. The summed E-state index contributed by atoms with van der Waals surface area (Å²) in [6.45, 7) is 0.381. The van der Waals surface area contributed by atoms with Gasteiger partial charge in [-0.15, -0.1) is 0 Å². The van der Waals surface area contributed by atoms with Gasteiger partial charge in [-0.05, 0) is 37.3 Å². The van der Waals surface area contributed by atoms with Gasteiger partial charge in [0.05, 0.1) is 21.2 Å². The molecular weight excluding hydrogens is 540 g/mol. The van der Waals surface area contributed by atoms with Gasteiger partial charge in [-0.3, -0.25) is 14.8 Å². The van der Waals surface area contributed by atoms with Gasteiger partial charge in [0.2, 0.25) is 0 Å². The number of pyridine rings is 1. The maximum atomic E-state index is 13.1. The Labute approximate surface area is 204 Å². The van der Waals surface area contributed by atoms with Crippen LogP contribution in [0.15, 0.2) is 41.4 Å². The molecule has 0 atom stereocenters. The van der Waals surface area contributed by atoms with Crippen LogP contribution in [0, 0.1) is 12.7 Å². The van der Waals surface area contributed by atoms with E-state index >= 15 is 0 Å². The number of carbonyl (C=O) groups excluding carboxylic acids is 2. The summed E-state index contributed by atoms with van der Waals surface area (Å²) in [5.74, 6) is -4.18. The topological polar surface area (TPSA) is 127 Å². The first-order valence-electron chi connectivity index (χ1n) is 9.22. The molecule has 0 aliphatic carbocycles. The summed E-state index contributed by atoms with van der Waals surface area (Å²) in [6, 6.07) is 5.44. The van der Waals surface area contributed by atoms with Crippen LogP contribution >= 0.6 is 22.9 Å². The number of halogens is 5. The predicted molar refractivity (Wildman–Crippen MR) is 118 cm³/mol. The molecule has 0 saturated carbocycles. The quantitative estimate of drug-likeness (QED) is 0.256. The fourth-order valence-electron chi connectivity index (χ4n) is 2.55. The van der Waals surface area contributed by atoms with Gasteiger partial charge in [0.15, 0.2) is 16.9 Å². The largest absolute Gasteiger partial charge is 0.490 e. The average Bonchev–Trinajstić information content (AvgIpc) is 3.12. The third-order valence-corrected chi connectivity index (χ3v) is 6.88. The maximum absolute atomic E-state index is 13.1. The number of esters is 1. The third kappa shape index (κ3) is 6.64. The normalized spacial score (nSPS) is 11.7. The van der Waals surface area contributed by atoms with Gasteiger partial charge in [-0.1, -0.05) is 22.9 Å². The van der Waals surface area contributed by atoms with Crippen LogP contribution in [0.4, 0.5) is 28.4 Å². The van der Waals surface area contributed by atoms with Crippen LogP contribution in [0.5, 0.6) is 0 Å². The number of hydrogen-bond donors (Lipinski definition) is 2. The molecule has 0 unspecified atom stereocenters. The number of sulfonamides is 1. The Morgan fingerprint density at radius 2 is 1.86 bits per heavy atom. The Morgan fingerprint density at radius 1 is 1.20 bits per heavy atom. The van der Waals surface area contributed by atoms with E-state index in [0.29, 0.717) is 16.1 Å². The lowest BCUT2D eigenvalue weighted by Crippen LogP contribution is -2.29. The van der Waals surface area contributed by atoms with E-state index in [0.717, 1.165) is 35.6 Å². The number of nitrogens with one attached hydrogen (secondary N) is 2. The van der Waals surface area contributed by atoms with E-state index in [1.807, 2.05) is 0 Å². The standard InChI is InChI=1S/C19H13ClF4N4O5S2/c1-9-15(34-18(26-9)27-14(29)8-33-17(30)19(22,23)24)10-6-13(16(20)25-7-10)28-35(31,32)12-4-2-11(21)3-5-12/h2-7,28H,8H2,1H3,(H,26,27,29). The fourth-order valence-corrected chi connectivity index (χ4v) is 4.77. The second-order valence-electron chi connectivity index (χ2n) is 6.68. The van der Waals surface area contributed by atoms with Crippen molar-refractivity contribution in [1.29, 1.82) is 0 Å². The first kappa shape index (κ1) is 26.3. The van der Waals surface area contributed by atoms with Gasteiger partial charge in [-0.25, -0.2) is 27.6 Å². The molecule has 9 nitrogen and oxygen atoms in total. The van der Waals surface area contributed by atoms with E-state index in [4.69, 9.17) is 11.6 Å². The van der Waals surface area contributed by atoms with Crippen molar-refractivity contribution in [3.8, 4) is 10.4 Å². The lowest BCUT2D eigenvalue weighted by Gasteiger charge is -2.10. The number of benzene rings is 1. The molecule has 2 heterocycles. The first-order valence-corrected chi connectivity index (χ1v) is 11.9. The lowest BCUT2D eigenvalue weighted by atomic mass is 10.2. The van der Waals surface area contributed by atoms with E-state index in [9.17, 15) is 35.6 Å². The number of nitrogens with zero attached hydrogens (tertiary/aromatic N) is 2. The van der Waals surface area contributed by atoms with Crippen LogP contribution in [-0.4, -0.2) is 43.0 Å². The summed E-state index contributed by atoms with van der Waals surface area (Å²) < 4.78 is 80.9. The Morgan fingerprint density at radius 3 is 2.49 bits per heavy atom. The van der Waals surface area contributed by atoms with Crippen molar-refractivity contribution >= 4 is 55.7 Å².